The molecule has 1 N–H and O–H groups in total. The molecule has 1 aromatic carbocycles. The predicted molar refractivity (Wildman–Crippen MR) is 90.2 cm³/mol. The van der Waals surface area contributed by atoms with Gasteiger partial charge >= 0.3 is 0 Å². The van der Waals surface area contributed by atoms with E-state index in [9.17, 15) is 0 Å². The van der Waals surface area contributed by atoms with Crippen molar-refractivity contribution < 1.29 is 0 Å². The lowest BCUT2D eigenvalue weighted by Gasteiger charge is -2.21. The smallest absolute Gasteiger partial charge is 0.132 e. The van der Waals surface area contributed by atoms with Crippen LogP contribution in [-0.4, -0.2) is 18.6 Å². The van der Waals surface area contributed by atoms with Gasteiger partial charge in [-0.15, -0.1) is 0 Å². The molecule has 21 heavy (non-hydrogen) atoms. The van der Waals surface area contributed by atoms with E-state index in [1.807, 2.05) is 0 Å². The maximum absolute atomic E-state index is 4.76. The molecular formula is C18H25N3. The summed E-state index contributed by atoms with van der Waals surface area (Å²) in [6.45, 7) is 8.32. The van der Waals surface area contributed by atoms with E-state index in [2.05, 4.69) is 74.4 Å². The zero-order valence-electron chi connectivity index (χ0n) is 13.5. The van der Waals surface area contributed by atoms with Gasteiger partial charge in [0.25, 0.3) is 0 Å². The van der Waals surface area contributed by atoms with Gasteiger partial charge < -0.3 is 10.2 Å². The summed E-state index contributed by atoms with van der Waals surface area (Å²) in [5.74, 6) is 0.987. The number of rotatable bonds is 6. The number of hydrogen-bond acceptors (Lipinski definition) is 3. The number of nitrogens with one attached hydrogen (secondary N) is 1. The van der Waals surface area contributed by atoms with Gasteiger partial charge in [0.05, 0.1) is 0 Å². The van der Waals surface area contributed by atoms with Gasteiger partial charge in [-0.3, -0.25) is 0 Å². The number of aromatic nitrogens is 1. The van der Waals surface area contributed by atoms with E-state index >= 15 is 0 Å². The number of hydrogen-bond donors (Lipinski definition) is 1. The molecule has 0 bridgehead atoms. The Hall–Kier alpha value is -1.87. The Bertz CT molecular complexity index is 593. The average Bonchev–Trinajstić information content (AvgIpc) is 2.49. The zero-order chi connectivity index (χ0) is 15.2. The Kier molecular flexibility index (Phi) is 5.34. The van der Waals surface area contributed by atoms with Crippen molar-refractivity contribution in [2.45, 2.75) is 33.7 Å². The van der Waals surface area contributed by atoms with Gasteiger partial charge in [-0.2, -0.15) is 0 Å². The summed E-state index contributed by atoms with van der Waals surface area (Å²) >= 11 is 0. The van der Waals surface area contributed by atoms with E-state index in [-0.39, 0.29) is 0 Å². The molecule has 0 fully saturated rings. The molecule has 0 spiro atoms. The lowest BCUT2D eigenvalue weighted by molar-refractivity contribution is 0.671. The summed E-state index contributed by atoms with van der Waals surface area (Å²) in [6, 6.07) is 12.7. The minimum atomic E-state index is 0.890. The van der Waals surface area contributed by atoms with Crippen LogP contribution in [0.5, 0.6) is 0 Å². The van der Waals surface area contributed by atoms with Crippen LogP contribution >= 0.6 is 0 Å². The van der Waals surface area contributed by atoms with E-state index in [1.54, 1.807) is 0 Å². The summed E-state index contributed by atoms with van der Waals surface area (Å²) in [5, 5.41) is 3.43. The quantitative estimate of drug-likeness (QED) is 0.813. The lowest BCUT2D eigenvalue weighted by atomic mass is 10.1. The van der Waals surface area contributed by atoms with Crippen LogP contribution in [0.1, 0.15) is 30.2 Å². The molecule has 3 nitrogen and oxygen atoms in total. The normalized spacial score (nSPS) is 10.7. The molecule has 1 heterocycles. The fourth-order valence-electron chi connectivity index (χ4n) is 2.41. The second-order valence-electron chi connectivity index (χ2n) is 5.44. The topological polar surface area (TPSA) is 28.2 Å². The molecule has 2 aromatic rings. The number of para-hydroxylation sites is 1. The fourth-order valence-corrected chi connectivity index (χ4v) is 2.41. The minimum Gasteiger partial charge on any atom is -0.329 e. The molecule has 0 unspecified atom stereocenters. The van der Waals surface area contributed by atoms with Crippen molar-refractivity contribution >= 4 is 11.5 Å². The van der Waals surface area contributed by atoms with Crippen LogP contribution in [0, 0.1) is 13.8 Å². The van der Waals surface area contributed by atoms with E-state index < -0.39 is 0 Å². The molecule has 0 amide bonds. The van der Waals surface area contributed by atoms with Crippen molar-refractivity contribution in [2.24, 2.45) is 0 Å². The Morgan fingerprint density at radius 1 is 1.10 bits per heavy atom. The molecule has 0 saturated carbocycles. The van der Waals surface area contributed by atoms with E-state index in [4.69, 9.17) is 4.98 Å². The molecule has 0 radical (unpaired) electrons. The van der Waals surface area contributed by atoms with Gasteiger partial charge in [-0.1, -0.05) is 31.2 Å². The monoisotopic (exact) mass is 283 g/mol. The Labute approximate surface area is 128 Å². The van der Waals surface area contributed by atoms with Crippen LogP contribution in [-0.2, 0) is 6.54 Å². The maximum Gasteiger partial charge on any atom is 0.132 e. The first kappa shape index (κ1) is 15.5. The van der Waals surface area contributed by atoms with Crippen molar-refractivity contribution in [2.75, 3.05) is 18.5 Å². The van der Waals surface area contributed by atoms with Crippen LogP contribution < -0.4 is 10.2 Å². The van der Waals surface area contributed by atoms with Crippen molar-refractivity contribution in [3.8, 4) is 0 Å². The SMILES string of the molecule is CCCNCc1ccc(N(C)c2ccccc2C)nc1C. The molecule has 0 aliphatic carbocycles. The standard InChI is InChI=1S/C18H25N3/c1-5-12-19-13-16-10-11-18(20-15(16)3)21(4)17-9-7-6-8-14(17)2/h6-11,19H,5,12-13H2,1-4H3. The van der Waals surface area contributed by atoms with Gasteiger partial charge in [-0.25, -0.2) is 4.98 Å². The van der Waals surface area contributed by atoms with Gasteiger partial charge in [0.1, 0.15) is 5.82 Å². The first-order chi connectivity index (χ1) is 10.1. The third kappa shape index (κ3) is 3.82. The highest BCUT2D eigenvalue weighted by molar-refractivity contribution is 5.63. The molecule has 3 heteroatoms. The van der Waals surface area contributed by atoms with Crippen molar-refractivity contribution in [1.82, 2.24) is 10.3 Å². The molecule has 0 atom stereocenters. The highest BCUT2D eigenvalue weighted by Crippen LogP contribution is 2.25. The predicted octanol–water partition coefficient (Wildman–Crippen LogP) is 3.97. The number of anilines is 2. The third-order valence-electron chi connectivity index (χ3n) is 3.74. The summed E-state index contributed by atoms with van der Waals surface area (Å²) in [5.41, 5.74) is 4.82. The molecule has 0 aliphatic heterocycles. The van der Waals surface area contributed by atoms with Gasteiger partial charge in [-0.05, 0) is 50.1 Å². The van der Waals surface area contributed by atoms with Crippen LogP contribution in [0.2, 0.25) is 0 Å². The highest BCUT2D eigenvalue weighted by Gasteiger charge is 2.09. The number of pyridine rings is 1. The third-order valence-corrected chi connectivity index (χ3v) is 3.74. The Morgan fingerprint density at radius 3 is 2.52 bits per heavy atom. The first-order valence-corrected chi connectivity index (χ1v) is 7.60. The van der Waals surface area contributed by atoms with E-state index in [1.165, 1.54) is 16.8 Å². The minimum absolute atomic E-state index is 0.890. The van der Waals surface area contributed by atoms with E-state index in [0.717, 1.165) is 31.0 Å². The molecular weight excluding hydrogens is 258 g/mol. The van der Waals surface area contributed by atoms with E-state index in [0.29, 0.717) is 0 Å². The van der Waals surface area contributed by atoms with Crippen LogP contribution in [0.25, 0.3) is 0 Å². The highest BCUT2D eigenvalue weighted by atomic mass is 15.2. The summed E-state index contributed by atoms with van der Waals surface area (Å²) in [4.78, 5) is 6.90. The van der Waals surface area contributed by atoms with Crippen LogP contribution in [0.15, 0.2) is 36.4 Å². The Morgan fingerprint density at radius 2 is 1.86 bits per heavy atom. The van der Waals surface area contributed by atoms with Crippen LogP contribution in [0.3, 0.4) is 0 Å². The van der Waals surface area contributed by atoms with Crippen molar-refractivity contribution in [1.29, 1.82) is 0 Å². The Balaban J connectivity index is 2.18. The van der Waals surface area contributed by atoms with Crippen molar-refractivity contribution in [3.63, 3.8) is 0 Å². The summed E-state index contributed by atoms with van der Waals surface area (Å²) in [7, 11) is 2.07. The van der Waals surface area contributed by atoms with Gasteiger partial charge in [0.15, 0.2) is 0 Å². The summed E-state index contributed by atoms with van der Waals surface area (Å²) in [6.07, 6.45) is 1.15. The number of aryl methyl sites for hydroxylation is 2. The number of benzene rings is 1. The molecule has 112 valence electrons. The first-order valence-electron chi connectivity index (χ1n) is 7.60. The largest absolute Gasteiger partial charge is 0.329 e. The molecule has 1 aromatic heterocycles. The van der Waals surface area contributed by atoms with Gasteiger partial charge in [0, 0.05) is 25.0 Å². The second kappa shape index (κ2) is 7.23. The number of nitrogens with zero attached hydrogens (tertiary/aromatic N) is 2. The summed E-state index contributed by atoms with van der Waals surface area (Å²) < 4.78 is 0. The second-order valence-corrected chi connectivity index (χ2v) is 5.44. The lowest BCUT2D eigenvalue weighted by Crippen LogP contribution is -2.17. The van der Waals surface area contributed by atoms with Gasteiger partial charge in [0.2, 0.25) is 0 Å². The zero-order valence-corrected chi connectivity index (χ0v) is 13.5. The van der Waals surface area contributed by atoms with Crippen LogP contribution in [0.4, 0.5) is 11.5 Å². The molecule has 0 aliphatic rings. The van der Waals surface area contributed by atoms with Crippen molar-refractivity contribution in [3.05, 3.63) is 53.2 Å². The molecule has 2 rings (SSSR count). The fraction of sp³-hybridized carbons (Fsp3) is 0.389. The maximum atomic E-state index is 4.76. The average molecular weight is 283 g/mol. The molecule has 0 saturated heterocycles.